The van der Waals surface area contributed by atoms with Crippen LogP contribution in [0.15, 0.2) is 18.3 Å². The lowest BCUT2D eigenvalue weighted by Gasteiger charge is -2.23. The zero-order valence-corrected chi connectivity index (χ0v) is 9.80. The van der Waals surface area contributed by atoms with Crippen molar-refractivity contribution in [3.05, 3.63) is 23.9 Å². The van der Waals surface area contributed by atoms with Gasteiger partial charge >= 0.3 is 0 Å². The van der Waals surface area contributed by atoms with E-state index in [1.807, 2.05) is 4.90 Å². The van der Waals surface area contributed by atoms with Gasteiger partial charge in [0, 0.05) is 26.4 Å². The molecule has 90 valence electrons. The van der Waals surface area contributed by atoms with Crippen LogP contribution in [0.4, 0.5) is 5.82 Å². The first kappa shape index (κ1) is 13.1. The van der Waals surface area contributed by atoms with Crippen molar-refractivity contribution in [3.8, 4) is 6.07 Å². The van der Waals surface area contributed by atoms with Crippen molar-refractivity contribution in [3.63, 3.8) is 0 Å². The molecule has 0 amide bonds. The standard InChI is InChI=1S/C12H15N3O2/c1-17-9-8-15(7-3-5-13)12-11(10-16)4-2-6-14-12/h2,4,6,10H,3,7-9H2,1H3. The second kappa shape index (κ2) is 7.36. The van der Waals surface area contributed by atoms with Gasteiger partial charge in [-0.1, -0.05) is 0 Å². The maximum absolute atomic E-state index is 10.9. The lowest BCUT2D eigenvalue weighted by Crippen LogP contribution is -2.29. The number of methoxy groups -OCH3 is 1. The predicted molar refractivity (Wildman–Crippen MR) is 63.9 cm³/mol. The molecule has 0 aliphatic rings. The Labute approximate surface area is 101 Å². The van der Waals surface area contributed by atoms with Gasteiger partial charge < -0.3 is 9.64 Å². The minimum atomic E-state index is 0.387. The van der Waals surface area contributed by atoms with Crippen molar-refractivity contribution in [2.24, 2.45) is 0 Å². The first-order valence-electron chi connectivity index (χ1n) is 5.34. The van der Waals surface area contributed by atoms with E-state index in [4.69, 9.17) is 10.00 Å². The fourth-order valence-electron chi connectivity index (χ4n) is 1.48. The molecule has 1 heterocycles. The Balaban J connectivity index is 2.86. The van der Waals surface area contributed by atoms with Crippen molar-refractivity contribution >= 4 is 12.1 Å². The minimum absolute atomic E-state index is 0.387. The van der Waals surface area contributed by atoms with Crippen LogP contribution in [0.1, 0.15) is 16.8 Å². The van der Waals surface area contributed by atoms with Crippen molar-refractivity contribution < 1.29 is 9.53 Å². The second-order valence-electron chi connectivity index (χ2n) is 3.42. The third-order valence-corrected chi connectivity index (χ3v) is 2.30. The molecule has 5 heteroatoms. The molecule has 0 unspecified atom stereocenters. The quantitative estimate of drug-likeness (QED) is 0.663. The maximum atomic E-state index is 10.9. The normalized spacial score (nSPS) is 9.65. The summed E-state index contributed by atoms with van der Waals surface area (Å²) in [5.41, 5.74) is 0.529. The molecule has 0 aromatic carbocycles. The Morgan fingerprint density at radius 2 is 2.41 bits per heavy atom. The number of anilines is 1. The number of carbonyl (C=O) groups is 1. The lowest BCUT2D eigenvalue weighted by atomic mass is 10.2. The number of pyridine rings is 1. The topological polar surface area (TPSA) is 66.2 Å². The molecular formula is C12H15N3O2. The van der Waals surface area contributed by atoms with Crippen LogP contribution < -0.4 is 4.90 Å². The Morgan fingerprint density at radius 1 is 1.59 bits per heavy atom. The molecule has 0 bridgehead atoms. The Morgan fingerprint density at radius 3 is 3.06 bits per heavy atom. The second-order valence-corrected chi connectivity index (χ2v) is 3.42. The average Bonchev–Trinajstić information content (AvgIpc) is 2.39. The fourth-order valence-corrected chi connectivity index (χ4v) is 1.48. The summed E-state index contributed by atoms with van der Waals surface area (Å²) in [7, 11) is 1.61. The molecule has 1 aromatic rings. The molecule has 1 aromatic heterocycles. The van der Waals surface area contributed by atoms with Crippen molar-refractivity contribution in [2.75, 3.05) is 31.7 Å². The molecule has 17 heavy (non-hydrogen) atoms. The molecule has 0 atom stereocenters. The molecule has 5 nitrogen and oxygen atoms in total. The van der Waals surface area contributed by atoms with E-state index in [1.165, 1.54) is 0 Å². The van der Waals surface area contributed by atoms with Gasteiger partial charge in [-0.3, -0.25) is 4.79 Å². The highest BCUT2D eigenvalue weighted by atomic mass is 16.5. The van der Waals surface area contributed by atoms with Crippen molar-refractivity contribution in [2.45, 2.75) is 6.42 Å². The molecular weight excluding hydrogens is 218 g/mol. The van der Waals surface area contributed by atoms with Gasteiger partial charge in [0.05, 0.1) is 24.7 Å². The van der Waals surface area contributed by atoms with E-state index in [2.05, 4.69) is 11.1 Å². The van der Waals surface area contributed by atoms with Crippen LogP contribution in [-0.4, -0.2) is 38.1 Å². The third-order valence-electron chi connectivity index (χ3n) is 2.30. The van der Waals surface area contributed by atoms with E-state index in [9.17, 15) is 4.79 Å². The van der Waals surface area contributed by atoms with Crippen LogP contribution >= 0.6 is 0 Å². The molecule has 0 aliphatic carbocycles. The third kappa shape index (κ3) is 3.85. The van der Waals surface area contributed by atoms with Gasteiger partial charge in [-0.2, -0.15) is 5.26 Å². The van der Waals surface area contributed by atoms with E-state index < -0.39 is 0 Å². The Bertz CT molecular complexity index is 401. The van der Waals surface area contributed by atoms with E-state index in [-0.39, 0.29) is 0 Å². The number of aldehydes is 1. The van der Waals surface area contributed by atoms with Gasteiger partial charge in [0.25, 0.3) is 0 Å². The van der Waals surface area contributed by atoms with Crippen LogP contribution in [0.2, 0.25) is 0 Å². The number of nitrogens with zero attached hydrogens (tertiary/aromatic N) is 3. The monoisotopic (exact) mass is 233 g/mol. The first-order valence-corrected chi connectivity index (χ1v) is 5.34. The highest BCUT2D eigenvalue weighted by Gasteiger charge is 2.11. The van der Waals surface area contributed by atoms with Gasteiger partial charge in [-0.05, 0) is 12.1 Å². The zero-order chi connectivity index (χ0) is 12.5. The molecule has 0 spiro atoms. The van der Waals surface area contributed by atoms with Crippen LogP contribution in [-0.2, 0) is 4.74 Å². The number of nitriles is 1. The summed E-state index contributed by atoms with van der Waals surface area (Å²) in [6, 6.07) is 5.51. The van der Waals surface area contributed by atoms with Gasteiger partial charge in [0.15, 0.2) is 6.29 Å². The summed E-state index contributed by atoms with van der Waals surface area (Å²) >= 11 is 0. The van der Waals surface area contributed by atoms with Gasteiger partial charge in [0.1, 0.15) is 5.82 Å². The molecule has 1 rings (SSSR count). The zero-order valence-electron chi connectivity index (χ0n) is 9.80. The number of aromatic nitrogens is 1. The number of hydrogen-bond donors (Lipinski definition) is 0. The van der Waals surface area contributed by atoms with E-state index in [1.54, 1.807) is 25.4 Å². The summed E-state index contributed by atoms with van der Waals surface area (Å²) < 4.78 is 5.01. The molecule has 0 N–H and O–H groups in total. The summed E-state index contributed by atoms with van der Waals surface area (Å²) in [6.45, 7) is 1.67. The number of carbonyl (C=O) groups excluding carboxylic acids is 1. The Kier molecular flexibility index (Phi) is 5.69. The predicted octanol–water partition coefficient (Wildman–Crippen LogP) is 1.26. The van der Waals surface area contributed by atoms with Crippen molar-refractivity contribution in [1.29, 1.82) is 5.26 Å². The van der Waals surface area contributed by atoms with Crippen LogP contribution in [0, 0.1) is 11.3 Å². The molecule has 0 aliphatic heterocycles. The van der Waals surface area contributed by atoms with Crippen molar-refractivity contribution in [1.82, 2.24) is 4.98 Å². The molecule has 0 saturated heterocycles. The summed E-state index contributed by atoms with van der Waals surface area (Å²) in [4.78, 5) is 17.0. The number of rotatable bonds is 7. The van der Waals surface area contributed by atoms with Gasteiger partial charge in [0.2, 0.25) is 0 Å². The molecule has 0 saturated carbocycles. The summed E-state index contributed by atoms with van der Waals surface area (Å²) in [5.74, 6) is 0.606. The smallest absolute Gasteiger partial charge is 0.153 e. The average molecular weight is 233 g/mol. The minimum Gasteiger partial charge on any atom is -0.383 e. The number of ether oxygens (including phenoxy) is 1. The van der Waals surface area contributed by atoms with E-state index in [0.29, 0.717) is 37.5 Å². The first-order chi connectivity index (χ1) is 8.33. The van der Waals surface area contributed by atoms with Gasteiger partial charge in [-0.25, -0.2) is 4.98 Å². The van der Waals surface area contributed by atoms with E-state index >= 15 is 0 Å². The highest BCUT2D eigenvalue weighted by Crippen LogP contribution is 2.15. The summed E-state index contributed by atoms with van der Waals surface area (Å²) in [6.07, 6.45) is 2.79. The SMILES string of the molecule is COCCN(CCC#N)c1ncccc1C=O. The lowest BCUT2D eigenvalue weighted by molar-refractivity contribution is 0.112. The number of hydrogen-bond acceptors (Lipinski definition) is 5. The highest BCUT2D eigenvalue weighted by molar-refractivity contribution is 5.82. The van der Waals surface area contributed by atoms with Crippen LogP contribution in [0.3, 0.4) is 0 Å². The van der Waals surface area contributed by atoms with Gasteiger partial charge in [-0.15, -0.1) is 0 Å². The van der Waals surface area contributed by atoms with Crippen LogP contribution in [0.5, 0.6) is 0 Å². The molecule has 0 radical (unpaired) electrons. The largest absolute Gasteiger partial charge is 0.383 e. The molecule has 0 fully saturated rings. The van der Waals surface area contributed by atoms with E-state index in [0.717, 1.165) is 6.29 Å². The fraction of sp³-hybridized carbons (Fsp3) is 0.417. The maximum Gasteiger partial charge on any atom is 0.153 e. The summed E-state index contributed by atoms with van der Waals surface area (Å²) in [5, 5.41) is 8.62. The van der Waals surface area contributed by atoms with Crippen LogP contribution in [0.25, 0.3) is 0 Å². The Hall–Kier alpha value is -1.93.